The number of thioether (sulfide) groups is 1. The van der Waals surface area contributed by atoms with Crippen LogP contribution in [0.2, 0.25) is 0 Å². The second kappa shape index (κ2) is 6.71. The molecule has 0 fully saturated rings. The molecule has 0 aliphatic rings. The molecule has 4 aromatic rings. The van der Waals surface area contributed by atoms with Crippen LogP contribution >= 0.6 is 23.1 Å². The van der Waals surface area contributed by atoms with Gasteiger partial charge in [0, 0.05) is 16.7 Å². The first-order valence-corrected chi connectivity index (χ1v) is 9.52. The SMILES string of the molecule is Cc1nc2ccccc2nc1CSc1nc(-c2ccccc2)cs1. The van der Waals surface area contributed by atoms with Crippen molar-refractivity contribution < 1.29 is 0 Å². The van der Waals surface area contributed by atoms with Crippen molar-refractivity contribution in [3.05, 3.63) is 71.4 Å². The van der Waals surface area contributed by atoms with E-state index in [9.17, 15) is 0 Å². The number of fused-ring (bicyclic) bond motifs is 1. The minimum atomic E-state index is 0.783. The van der Waals surface area contributed by atoms with Crippen LogP contribution in [-0.4, -0.2) is 15.0 Å². The van der Waals surface area contributed by atoms with Gasteiger partial charge in [-0.15, -0.1) is 11.3 Å². The van der Waals surface area contributed by atoms with Crippen LogP contribution in [0.4, 0.5) is 0 Å². The van der Waals surface area contributed by atoms with Gasteiger partial charge in [0.1, 0.15) is 0 Å². The normalized spacial score (nSPS) is 11.0. The molecule has 0 saturated heterocycles. The van der Waals surface area contributed by atoms with Crippen molar-refractivity contribution >= 4 is 34.1 Å². The number of aryl methyl sites for hydroxylation is 1. The zero-order valence-electron chi connectivity index (χ0n) is 13.1. The van der Waals surface area contributed by atoms with Crippen LogP contribution in [0.5, 0.6) is 0 Å². The Kier molecular flexibility index (Phi) is 4.28. The number of hydrogen-bond acceptors (Lipinski definition) is 5. The Bertz CT molecular complexity index is 980. The molecule has 0 spiro atoms. The lowest BCUT2D eigenvalue weighted by molar-refractivity contribution is 1.08. The van der Waals surface area contributed by atoms with E-state index >= 15 is 0 Å². The molecule has 0 bridgehead atoms. The van der Waals surface area contributed by atoms with Gasteiger partial charge in [-0.1, -0.05) is 54.2 Å². The monoisotopic (exact) mass is 349 g/mol. The molecule has 2 heterocycles. The van der Waals surface area contributed by atoms with E-state index in [1.165, 1.54) is 0 Å². The largest absolute Gasteiger partial charge is 0.250 e. The second-order valence-electron chi connectivity index (χ2n) is 5.40. The van der Waals surface area contributed by atoms with E-state index in [1.54, 1.807) is 23.1 Å². The lowest BCUT2D eigenvalue weighted by Gasteiger charge is -2.05. The van der Waals surface area contributed by atoms with Crippen LogP contribution in [0.1, 0.15) is 11.4 Å². The smallest absolute Gasteiger partial charge is 0.150 e. The summed E-state index contributed by atoms with van der Waals surface area (Å²) in [6, 6.07) is 18.3. The van der Waals surface area contributed by atoms with Crippen molar-refractivity contribution in [2.45, 2.75) is 17.0 Å². The zero-order chi connectivity index (χ0) is 16.4. The van der Waals surface area contributed by atoms with Crippen molar-refractivity contribution in [3.63, 3.8) is 0 Å². The molecule has 0 saturated carbocycles. The Hall–Kier alpha value is -2.24. The van der Waals surface area contributed by atoms with Crippen molar-refractivity contribution in [1.29, 1.82) is 0 Å². The number of para-hydroxylation sites is 2. The van der Waals surface area contributed by atoms with Gasteiger partial charge in [0.25, 0.3) is 0 Å². The van der Waals surface area contributed by atoms with Crippen LogP contribution in [0.15, 0.2) is 64.3 Å². The second-order valence-corrected chi connectivity index (χ2v) is 7.48. The highest BCUT2D eigenvalue weighted by atomic mass is 32.2. The number of aromatic nitrogens is 3. The number of hydrogen-bond donors (Lipinski definition) is 0. The molecule has 5 heteroatoms. The van der Waals surface area contributed by atoms with Crippen LogP contribution in [0.3, 0.4) is 0 Å². The summed E-state index contributed by atoms with van der Waals surface area (Å²) in [5.74, 6) is 0.783. The molecule has 0 radical (unpaired) electrons. The van der Waals surface area contributed by atoms with Crippen molar-refractivity contribution in [2.24, 2.45) is 0 Å². The van der Waals surface area contributed by atoms with Gasteiger partial charge in [-0.3, -0.25) is 0 Å². The number of rotatable bonds is 4. The molecule has 0 aliphatic heterocycles. The summed E-state index contributed by atoms with van der Waals surface area (Å²) in [5, 5.41) is 2.11. The highest BCUT2D eigenvalue weighted by Crippen LogP contribution is 2.30. The Morgan fingerprint density at radius 1 is 0.875 bits per heavy atom. The van der Waals surface area contributed by atoms with Gasteiger partial charge in [0.05, 0.1) is 28.1 Å². The van der Waals surface area contributed by atoms with E-state index in [4.69, 9.17) is 9.97 Å². The molecule has 0 aliphatic carbocycles. The predicted octanol–water partition coefficient (Wildman–Crippen LogP) is 5.35. The maximum atomic E-state index is 4.75. The van der Waals surface area contributed by atoms with E-state index in [1.807, 2.05) is 49.4 Å². The first-order chi connectivity index (χ1) is 11.8. The Balaban J connectivity index is 1.53. The summed E-state index contributed by atoms with van der Waals surface area (Å²) >= 11 is 3.39. The van der Waals surface area contributed by atoms with E-state index in [-0.39, 0.29) is 0 Å². The molecule has 0 N–H and O–H groups in total. The van der Waals surface area contributed by atoms with Gasteiger partial charge in [-0.25, -0.2) is 15.0 Å². The molecule has 0 unspecified atom stereocenters. The summed E-state index contributed by atoms with van der Waals surface area (Å²) in [6.07, 6.45) is 0. The Labute approximate surface area is 148 Å². The Morgan fingerprint density at radius 3 is 2.38 bits per heavy atom. The summed E-state index contributed by atoms with van der Waals surface area (Å²) in [4.78, 5) is 14.1. The maximum absolute atomic E-state index is 4.75. The summed E-state index contributed by atoms with van der Waals surface area (Å²) < 4.78 is 1.06. The number of nitrogens with zero attached hydrogens (tertiary/aromatic N) is 3. The van der Waals surface area contributed by atoms with Crippen LogP contribution in [-0.2, 0) is 5.75 Å². The molecular weight excluding hydrogens is 334 g/mol. The molecule has 118 valence electrons. The van der Waals surface area contributed by atoms with Gasteiger partial charge in [-0.2, -0.15) is 0 Å². The zero-order valence-corrected chi connectivity index (χ0v) is 14.8. The van der Waals surface area contributed by atoms with E-state index in [2.05, 4.69) is 22.5 Å². The predicted molar refractivity (Wildman–Crippen MR) is 101 cm³/mol. The fraction of sp³-hybridized carbons (Fsp3) is 0.105. The third kappa shape index (κ3) is 3.18. The fourth-order valence-corrected chi connectivity index (χ4v) is 4.30. The number of benzene rings is 2. The van der Waals surface area contributed by atoms with Crippen LogP contribution < -0.4 is 0 Å². The third-order valence-electron chi connectivity index (χ3n) is 3.73. The van der Waals surface area contributed by atoms with Crippen LogP contribution in [0, 0.1) is 6.92 Å². The summed E-state index contributed by atoms with van der Waals surface area (Å²) in [6.45, 7) is 2.02. The molecule has 3 nitrogen and oxygen atoms in total. The lowest BCUT2D eigenvalue weighted by atomic mass is 10.2. The summed E-state index contributed by atoms with van der Waals surface area (Å²) in [7, 11) is 0. The molecule has 4 rings (SSSR count). The van der Waals surface area contributed by atoms with Gasteiger partial charge < -0.3 is 0 Å². The lowest BCUT2D eigenvalue weighted by Crippen LogP contribution is -1.96. The minimum Gasteiger partial charge on any atom is -0.250 e. The molecule has 24 heavy (non-hydrogen) atoms. The molecule has 0 amide bonds. The number of thiazole rings is 1. The average Bonchev–Trinajstić information content (AvgIpc) is 3.10. The average molecular weight is 349 g/mol. The van der Waals surface area contributed by atoms with E-state index in [0.29, 0.717) is 0 Å². The topological polar surface area (TPSA) is 38.7 Å². The van der Waals surface area contributed by atoms with Crippen molar-refractivity contribution in [3.8, 4) is 11.3 Å². The highest BCUT2D eigenvalue weighted by molar-refractivity contribution is 8.00. The third-order valence-corrected chi connectivity index (χ3v) is 5.76. The standard InChI is InChI=1S/C19H15N3S2/c1-13-17(21-16-10-6-5-9-15(16)20-13)11-23-19-22-18(12-24-19)14-7-3-2-4-8-14/h2-10,12H,11H2,1H3. The maximum Gasteiger partial charge on any atom is 0.150 e. The van der Waals surface area contributed by atoms with Gasteiger partial charge in [0.15, 0.2) is 4.34 Å². The summed E-state index contributed by atoms with van der Waals surface area (Å²) in [5.41, 5.74) is 6.09. The fourth-order valence-electron chi connectivity index (χ4n) is 2.46. The molecular formula is C19H15N3S2. The Morgan fingerprint density at radius 2 is 1.58 bits per heavy atom. The van der Waals surface area contributed by atoms with Crippen molar-refractivity contribution in [1.82, 2.24) is 15.0 Å². The van der Waals surface area contributed by atoms with E-state index in [0.717, 1.165) is 43.8 Å². The first kappa shape index (κ1) is 15.3. The molecule has 2 aromatic carbocycles. The van der Waals surface area contributed by atoms with Gasteiger partial charge in [-0.05, 0) is 19.1 Å². The first-order valence-electron chi connectivity index (χ1n) is 7.65. The molecule has 2 aromatic heterocycles. The molecule has 0 atom stereocenters. The van der Waals surface area contributed by atoms with E-state index < -0.39 is 0 Å². The van der Waals surface area contributed by atoms with Gasteiger partial charge in [0.2, 0.25) is 0 Å². The van der Waals surface area contributed by atoms with Crippen LogP contribution in [0.25, 0.3) is 22.3 Å². The quantitative estimate of drug-likeness (QED) is 0.465. The van der Waals surface area contributed by atoms with Gasteiger partial charge >= 0.3 is 0 Å². The minimum absolute atomic E-state index is 0.783. The highest BCUT2D eigenvalue weighted by Gasteiger charge is 2.09. The van der Waals surface area contributed by atoms with Crippen molar-refractivity contribution in [2.75, 3.05) is 0 Å².